The van der Waals surface area contributed by atoms with E-state index in [1.807, 2.05) is 11.8 Å². The fourth-order valence-electron chi connectivity index (χ4n) is 5.26. The van der Waals surface area contributed by atoms with E-state index in [0.717, 1.165) is 38.5 Å². The Kier molecular flexibility index (Phi) is 5.97. The molecule has 2 aliphatic heterocycles. The number of piperidine rings is 1. The average Bonchev–Trinajstić information content (AvgIpc) is 3.37. The second kappa shape index (κ2) is 8.66. The van der Waals surface area contributed by atoms with E-state index < -0.39 is 5.54 Å². The molecule has 0 aromatic carbocycles. The van der Waals surface area contributed by atoms with Crippen LogP contribution in [0.5, 0.6) is 0 Å². The highest BCUT2D eigenvalue weighted by atomic mass is 16.3. The van der Waals surface area contributed by atoms with Crippen LogP contribution >= 0.6 is 0 Å². The van der Waals surface area contributed by atoms with Gasteiger partial charge in [0, 0.05) is 19.0 Å². The lowest BCUT2D eigenvalue weighted by Crippen LogP contribution is -2.56. The first kappa shape index (κ1) is 20.7. The molecular weight excluding hydrogens is 382 g/mol. The molecule has 0 spiro atoms. The van der Waals surface area contributed by atoms with Crippen LogP contribution in [0.25, 0.3) is 0 Å². The second-order valence-corrected chi connectivity index (χ2v) is 8.70. The minimum absolute atomic E-state index is 0.0332. The summed E-state index contributed by atoms with van der Waals surface area (Å²) in [5.74, 6) is 0.794. The van der Waals surface area contributed by atoms with E-state index in [2.05, 4.69) is 17.5 Å². The van der Waals surface area contributed by atoms with Crippen LogP contribution in [0.1, 0.15) is 57.6 Å². The van der Waals surface area contributed by atoms with Crippen molar-refractivity contribution < 1.29 is 18.8 Å². The first-order valence-corrected chi connectivity index (χ1v) is 11.2. The number of hydrogen-bond acceptors (Lipinski definition) is 4. The Morgan fingerprint density at radius 1 is 1.23 bits per heavy atom. The van der Waals surface area contributed by atoms with Gasteiger partial charge in [-0.15, -0.1) is 0 Å². The van der Waals surface area contributed by atoms with Gasteiger partial charge in [-0.25, -0.2) is 4.79 Å². The van der Waals surface area contributed by atoms with Crippen LogP contribution in [0, 0.1) is 11.8 Å². The molecule has 1 N–H and O–H groups in total. The van der Waals surface area contributed by atoms with Crippen molar-refractivity contribution in [3.8, 4) is 0 Å². The Morgan fingerprint density at radius 2 is 2.03 bits per heavy atom. The van der Waals surface area contributed by atoms with Gasteiger partial charge < -0.3 is 14.6 Å². The molecule has 0 unspecified atom stereocenters. The van der Waals surface area contributed by atoms with E-state index in [9.17, 15) is 14.4 Å². The number of amides is 4. The Hall–Kier alpha value is -2.57. The van der Waals surface area contributed by atoms with E-state index in [1.54, 1.807) is 18.4 Å². The normalized spacial score (nSPS) is 27.6. The standard InChI is InChI=1S/C23H31N3O4/c1-2-12-23(21(28)26(22(29)24-23)16-19-9-6-15-30-19)18-10-13-25(14-11-18)20(27)17-7-4-3-5-8-17/h3-4,6,9,15,17-18H,2,5,7-8,10-14,16H2,1H3,(H,24,29)/t17-,23+/m0/s1. The molecule has 0 bridgehead atoms. The van der Waals surface area contributed by atoms with Crippen molar-refractivity contribution in [2.24, 2.45) is 11.8 Å². The molecule has 0 saturated carbocycles. The highest BCUT2D eigenvalue weighted by Gasteiger charge is 2.55. The van der Waals surface area contributed by atoms with E-state index in [4.69, 9.17) is 4.42 Å². The van der Waals surface area contributed by atoms with Crippen LogP contribution in [-0.2, 0) is 16.1 Å². The van der Waals surface area contributed by atoms with Gasteiger partial charge in [-0.3, -0.25) is 14.5 Å². The molecule has 7 heteroatoms. The van der Waals surface area contributed by atoms with Crippen molar-refractivity contribution in [1.29, 1.82) is 0 Å². The summed E-state index contributed by atoms with van der Waals surface area (Å²) in [7, 11) is 0. The summed E-state index contributed by atoms with van der Waals surface area (Å²) in [4.78, 5) is 42.2. The molecule has 1 aromatic heterocycles. The van der Waals surface area contributed by atoms with Crippen molar-refractivity contribution in [2.45, 2.75) is 64.0 Å². The van der Waals surface area contributed by atoms with Gasteiger partial charge in [-0.1, -0.05) is 25.5 Å². The number of furan rings is 1. The third-order valence-corrected chi connectivity index (χ3v) is 6.86. The maximum atomic E-state index is 13.4. The van der Waals surface area contributed by atoms with Gasteiger partial charge in [-0.05, 0) is 56.6 Å². The molecule has 0 radical (unpaired) electrons. The molecule has 3 heterocycles. The van der Waals surface area contributed by atoms with Gasteiger partial charge in [0.15, 0.2) is 0 Å². The molecule has 2 saturated heterocycles. The molecule has 30 heavy (non-hydrogen) atoms. The van der Waals surface area contributed by atoms with Crippen molar-refractivity contribution in [3.63, 3.8) is 0 Å². The Morgan fingerprint density at radius 3 is 2.67 bits per heavy atom. The average molecular weight is 414 g/mol. The summed E-state index contributed by atoms with van der Waals surface area (Å²) in [5, 5.41) is 3.04. The summed E-state index contributed by atoms with van der Waals surface area (Å²) >= 11 is 0. The predicted molar refractivity (Wildman–Crippen MR) is 111 cm³/mol. The maximum absolute atomic E-state index is 13.4. The molecular formula is C23H31N3O4. The number of urea groups is 1. The number of imide groups is 1. The maximum Gasteiger partial charge on any atom is 0.325 e. The molecule has 3 aliphatic rings. The molecule has 2 fully saturated rings. The Balaban J connectivity index is 1.44. The Labute approximate surface area is 177 Å². The van der Waals surface area contributed by atoms with Gasteiger partial charge in [0.25, 0.3) is 5.91 Å². The number of nitrogens with zero attached hydrogens (tertiary/aromatic N) is 2. The van der Waals surface area contributed by atoms with Crippen molar-refractivity contribution in [3.05, 3.63) is 36.3 Å². The molecule has 1 aromatic rings. The van der Waals surface area contributed by atoms with E-state index in [0.29, 0.717) is 25.3 Å². The van der Waals surface area contributed by atoms with E-state index >= 15 is 0 Å². The number of likely N-dealkylation sites (tertiary alicyclic amines) is 1. The SMILES string of the molecule is CCC[C@]1(C2CCN(C(=O)[C@H]3CC=CCC3)CC2)NC(=O)N(Cc2ccco2)C1=O. The third-order valence-electron chi connectivity index (χ3n) is 6.86. The third kappa shape index (κ3) is 3.77. The van der Waals surface area contributed by atoms with Gasteiger partial charge >= 0.3 is 6.03 Å². The van der Waals surface area contributed by atoms with Crippen LogP contribution in [-0.4, -0.2) is 46.3 Å². The second-order valence-electron chi connectivity index (χ2n) is 8.70. The fourth-order valence-corrected chi connectivity index (χ4v) is 5.26. The summed E-state index contributed by atoms with van der Waals surface area (Å²) in [6.07, 6.45) is 11.4. The van der Waals surface area contributed by atoms with Crippen molar-refractivity contribution in [2.75, 3.05) is 13.1 Å². The van der Waals surface area contributed by atoms with Gasteiger partial charge in [-0.2, -0.15) is 0 Å². The summed E-state index contributed by atoms with van der Waals surface area (Å²) in [6, 6.07) is 3.17. The smallest absolute Gasteiger partial charge is 0.325 e. The van der Waals surface area contributed by atoms with Crippen molar-refractivity contribution in [1.82, 2.24) is 15.1 Å². The minimum Gasteiger partial charge on any atom is -0.467 e. The Bertz CT molecular complexity index is 810. The number of allylic oxidation sites excluding steroid dienone is 2. The summed E-state index contributed by atoms with van der Waals surface area (Å²) in [5.41, 5.74) is -0.874. The number of hydrogen-bond donors (Lipinski definition) is 1. The number of carbonyl (C=O) groups excluding carboxylic acids is 3. The van der Waals surface area contributed by atoms with Crippen molar-refractivity contribution >= 4 is 17.8 Å². The quantitative estimate of drug-likeness (QED) is 0.572. The molecule has 2 atom stereocenters. The minimum atomic E-state index is -0.874. The lowest BCUT2D eigenvalue weighted by Gasteiger charge is -2.41. The van der Waals surface area contributed by atoms with Gasteiger partial charge in [0.1, 0.15) is 11.3 Å². The molecule has 4 rings (SSSR count). The van der Waals surface area contributed by atoms with Crippen LogP contribution < -0.4 is 5.32 Å². The van der Waals surface area contributed by atoms with Crippen LogP contribution in [0.3, 0.4) is 0 Å². The highest BCUT2D eigenvalue weighted by molar-refractivity contribution is 6.07. The lowest BCUT2D eigenvalue weighted by molar-refractivity contribution is -0.139. The van der Waals surface area contributed by atoms with Gasteiger partial charge in [0.2, 0.25) is 5.91 Å². The fraction of sp³-hybridized carbons (Fsp3) is 0.609. The van der Waals surface area contributed by atoms with Crippen LogP contribution in [0.15, 0.2) is 35.0 Å². The number of nitrogens with one attached hydrogen (secondary N) is 1. The zero-order valence-electron chi connectivity index (χ0n) is 17.6. The van der Waals surface area contributed by atoms with Crippen LogP contribution in [0.4, 0.5) is 4.79 Å². The molecule has 7 nitrogen and oxygen atoms in total. The highest BCUT2D eigenvalue weighted by Crippen LogP contribution is 2.38. The molecule has 1 aliphatic carbocycles. The lowest BCUT2D eigenvalue weighted by atomic mass is 9.74. The molecule has 4 amide bonds. The first-order valence-electron chi connectivity index (χ1n) is 11.2. The molecule has 162 valence electrons. The monoisotopic (exact) mass is 413 g/mol. The topological polar surface area (TPSA) is 82.9 Å². The number of carbonyl (C=O) groups is 3. The zero-order valence-corrected chi connectivity index (χ0v) is 17.6. The van der Waals surface area contributed by atoms with E-state index in [1.165, 1.54) is 4.90 Å². The number of rotatable bonds is 6. The van der Waals surface area contributed by atoms with Gasteiger partial charge in [0.05, 0.1) is 12.8 Å². The zero-order chi connectivity index (χ0) is 21.1. The van der Waals surface area contributed by atoms with Crippen LogP contribution in [0.2, 0.25) is 0 Å². The predicted octanol–water partition coefficient (Wildman–Crippen LogP) is 3.47. The largest absolute Gasteiger partial charge is 0.467 e. The summed E-state index contributed by atoms with van der Waals surface area (Å²) < 4.78 is 5.34. The summed E-state index contributed by atoms with van der Waals surface area (Å²) in [6.45, 7) is 3.48. The van der Waals surface area contributed by atoms with E-state index in [-0.39, 0.29) is 36.2 Å². The first-order chi connectivity index (χ1) is 14.5.